The van der Waals surface area contributed by atoms with E-state index in [0.29, 0.717) is 61.3 Å². The molecular formula is C53H62N10O8S. The van der Waals surface area contributed by atoms with E-state index in [0.717, 1.165) is 86.5 Å². The highest BCUT2D eigenvalue weighted by molar-refractivity contribution is 7.92. The summed E-state index contributed by atoms with van der Waals surface area (Å²) in [5.74, 6) is 5.76. The van der Waals surface area contributed by atoms with E-state index in [1.807, 2.05) is 24.0 Å². The number of sulfonamides is 1. The van der Waals surface area contributed by atoms with Gasteiger partial charge < -0.3 is 29.7 Å². The SMILES string of the molecule is CCOc1cc(C(=O)N2CCC(N3CCN(CCCCCCCC#Cc4cccc5c4CN(C4CCC(=O)NC4=O)C5=O)CC3)CC2)ccc1Nc1ncc2c(n1)N(S(C)(=O)=O)c1ccccc1C(=O)N2C. The number of unbranched alkanes of at least 4 members (excludes halogenated alkanes) is 5. The topological polar surface area (TPSA) is 198 Å². The Kier molecular flexibility index (Phi) is 15.2. The molecule has 72 heavy (non-hydrogen) atoms. The monoisotopic (exact) mass is 998 g/mol. The largest absolute Gasteiger partial charge is 0.492 e. The predicted molar refractivity (Wildman–Crippen MR) is 273 cm³/mol. The Morgan fingerprint density at radius 3 is 2.38 bits per heavy atom. The molecule has 1 atom stereocenters. The van der Waals surface area contributed by atoms with Crippen molar-refractivity contribution in [3.63, 3.8) is 0 Å². The van der Waals surface area contributed by atoms with Gasteiger partial charge in [0.15, 0.2) is 5.82 Å². The van der Waals surface area contributed by atoms with Crippen LogP contribution < -0.4 is 24.6 Å². The number of nitrogens with one attached hydrogen (secondary N) is 2. The zero-order valence-corrected chi connectivity index (χ0v) is 42.0. The lowest BCUT2D eigenvalue weighted by Gasteiger charge is -2.42. The molecule has 6 heterocycles. The van der Waals surface area contributed by atoms with Gasteiger partial charge in [-0.3, -0.25) is 34.2 Å². The van der Waals surface area contributed by atoms with Gasteiger partial charge in [0.1, 0.15) is 17.5 Å². The molecule has 5 aliphatic rings. The molecule has 9 rings (SSSR count). The quantitative estimate of drug-likeness (QED) is 0.0839. The summed E-state index contributed by atoms with van der Waals surface area (Å²) in [4.78, 5) is 83.5. The summed E-state index contributed by atoms with van der Waals surface area (Å²) < 4.78 is 33.5. The molecule has 3 fully saturated rings. The standard InChI is InChI=1S/C53H62N10O8S/c1-4-71-46-33-37(20-21-42(46)55-53-54-34-45-48(57-53)63(72(3,69)70)43-19-12-11-17-40(43)51(67)58(45)2)50(66)61-27-24-38(25-28-61)60-31-29-59(30-32-60)26-13-9-7-5-6-8-10-15-36-16-14-18-39-41(36)35-62(52(39)68)44-22-23-47(64)56-49(44)65/h11-12,14,16-21,33-34,38,44H,4-9,13,22-32,35H2,1-3H3,(H,54,55,57)(H,56,64,65). The van der Waals surface area contributed by atoms with Crippen LogP contribution >= 0.6 is 0 Å². The van der Waals surface area contributed by atoms with Gasteiger partial charge in [0, 0.05) is 88.4 Å². The van der Waals surface area contributed by atoms with Crippen LogP contribution in [0.25, 0.3) is 0 Å². The molecule has 18 nitrogen and oxygen atoms in total. The lowest BCUT2D eigenvalue weighted by Crippen LogP contribution is -2.53. The number of anilines is 5. The fourth-order valence-electron chi connectivity index (χ4n) is 10.4. The van der Waals surface area contributed by atoms with E-state index in [9.17, 15) is 32.4 Å². The van der Waals surface area contributed by atoms with Gasteiger partial charge in [0.2, 0.25) is 27.8 Å². The highest BCUT2D eigenvalue weighted by atomic mass is 32.2. The highest BCUT2D eigenvalue weighted by Crippen LogP contribution is 2.41. The Balaban J connectivity index is 0.695. The van der Waals surface area contributed by atoms with Crippen LogP contribution in [0.5, 0.6) is 5.75 Å². The van der Waals surface area contributed by atoms with Crippen LogP contribution in [0.2, 0.25) is 0 Å². The molecule has 3 saturated heterocycles. The molecule has 0 aliphatic carbocycles. The second-order valence-electron chi connectivity index (χ2n) is 19.0. The van der Waals surface area contributed by atoms with Gasteiger partial charge in [-0.15, -0.1) is 0 Å². The Labute approximate surface area is 421 Å². The third-order valence-electron chi connectivity index (χ3n) is 14.3. The number of carbonyl (C=O) groups is 5. The van der Waals surface area contributed by atoms with Gasteiger partial charge in [-0.05, 0) is 93.6 Å². The first-order chi connectivity index (χ1) is 34.8. The number of nitrogens with zero attached hydrogens (tertiary/aromatic N) is 8. The third kappa shape index (κ3) is 10.8. The molecule has 0 radical (unpaired) electrons. The van der Waals surface area contributed by atoms with Crippen molar-refractivity contribution in [1.82, 2.24) is 34.9 Å². The van der Waals surface area contributed by atoms with Gasteiger partial charge in [0.25, 0.3) is 17.7 Å². The number of hydrogen-bond donors (Lipinski definition) is 2. The number of likely N-dealkylation sites (tertiary alicyclic amines) is 1. The van der Waals surface area contributed by atoms with Crippen molar-refractivity contribution in [2.75, 3.05) is 80.2 Å². The second-order valence-corrected chi connectivity index (χ2v) is 20.9. The number of piperidine rings is 2. The van der Waals surface area contributed by atoms with Crippen LogP contribution in [0, 0.1) is 11.8 Å². The van der Waals surface area contributed by atoms with E-state index in [2.05, 4.69) is 42.2 Å². The van der Waals surface area contributed by atoms with Crippen molar-refractivity contribution < 1.29 is 37.1 Å². The van der Waals surface area contributed by atoms with Gasteiger partial charge in [-0.1, -0.05) is 49.3 Å². The number of hydrogen-bond acceptors (Lipinski definition) is 13. The maximum atomic E-state index is 13.9. The summed E-state index contributed by atoms with van der Waals surface area (Å²) in [7, 11) is -2.39. The molecule has 5 aliphatic heterocycles. The number of fused-ring (bicyclic) bond motifs is 3. The van der Waals surface area contributed by atoms with Crippen LogP contribution in [-0.2, 0) is 26.2 Å². The normalized spacial score (nSPS) is 18.7. The van der Waals surface area contributed by atoms with E-state index in [1.54, 1.807) is 60.5 Å². The zero-order valence-electron chi connectivity index (χ0n) is 41.2. The van der Waals surface area contributed by atoms with E-state index in [-0.39, 0.29) is 52.8 Å². The minimum absolute atomic E-state index is 0.0178. The van der Waals surface area contributed by atoms with E-state index in [1.165, 1.54) is 30.4 Å². The Morgan fingerprint density at radius 2 is 1.61 bits per heavy atom. The van der Waals surface area contributed by atoms with E-state index in [4.69, 9.17) is 4.74 Å². The average molecular weight is 999 g/mol. The number of piperazine rings is 1. The number of carbonyl (C=O) groups excluding carboxylic acids is 5. The van der Waals surface area contributed by atoms with Crippen LogP contribution in [0.4, 0.5) is 28.8 Å². The number of aromatic nitrogens is 2. The van der Waals surface area contributed by atoms with Crippen LogP contribution in [0.3, 0.4) is 0 Å². The van der Waals surface area contributed by atoms with Gasteiger partial charge >= 0.3 is 0 Å². The average Bonchev–Trinajstić information content (AvgIpc) is 3.67. The summed E-state index contributed by atoms with van der Waals surface area (Å²) in [5, 5.41) is 5.51. The van der Waals surface area contributed by atoms with Gasteiger partial charge in [0.05, 0.1) is 36.0 Å². The summed E-state index contributed by atoms with van der Waals surface area (Å²) >= 11 is 0. The zero-order chi connectivity index (χ0) is 50.5. The van der Waals surface area contributed by atoms with E-state index >= 15 is 0 Å². The molecule has 4 aromatic rings. The molecule has 2 N–H and O–H groups in total. The lowest BCUT2D eigenvalue weighted by molar-refractivity contribution is -0.136. The fraction of sp³-hybridized carbons (Fsp3) is 0.453. The van der Waals surface area contributed by atoms with Gasteiger partial charge in [-0.25, -0.2) is 17.7 Å². The molecule has 378 valence electrons. The smallest absolute Gasteiger partial charge is 0.260 e. The molecule has 19 heteroatoms. The minimum atomic E-state index is -3.94. The summed E-state index contributed by atoms with van der Waals surface area (Å²) in [6, 6.07) is 17.1. The number of benzene rings is 3. The first-order valence-electron chi connectivity index (χ1n) is 25.1. The first kappa shape index (κ1) is 50.1. The summed E-state index contributed by atoms with van der Waals surface area (Å²) in [5.41, 5.74) is 3.89. The number of amides is 5. The van der Waals surface area contributed by atoms with Crippen molar-refractivity contribution in [2.24, 2.45) is 0 Å². The molecule has 0 bridgehead atoms. The predicted octanol–water partition coefficient (Wildman–Crippen LogP) is 5.68. The van der Waals surface area contributed by atoms with Crippen molar-refractivity contribution >= 4 is 68.4 Å². The lowest BCUT2D eigenvalue weighted by atomic mass is 10.0. The molecule has 3 aromatic carbocycles. The van der Waals surface area contributed by atoms with Crippen molar-refractivity contribution in [3.05, 3.63) is 94.7 Å². The van der Waals surface area contributed by atoms with Crippen molar-refractivity contribution in [1.29, 1.82) is 0 Å². The molecule has 0 saturated carbocycles. The second kappa shape index (κ2) is 21.9. The van der Waals surface area contributed by atoms with Crippen molar-refractivity contribution in [3.8, 4) is 17.6 Å². The Bertz CT molecular complexity index is 2920. The van der Waals surface area contributed by atoms with E-state index < -0.39 is 27.9 Å². The first-order valence-corrected chi connectivity index (χ1v) is 26.9. The molecule has 1 unspecified atom stereocenters. The minimum Gasteiger partial charge on any atom is -0.492 e. The van der Waals surface area contributed by atoms with Crippen molar-refractivity contribution in [2.45, 2.75) is 89.8 Å². The van der Waals surface area contributed by atoms with Gasteiger partial charge in [-0.2, -0.15) is 4.98 Å². The Morgan fingerprint density at radius 1 is 0.861 bits per heavy atom. The Hall–Kier alpha value is -6.88. The number of para-hydroxylation sites is 1. The number of imide groups is 1. The number of rotatable bonds is 15. The van der Waals surface area contributed by atoms with Crippen LogP contribution in [0.15, 0.2) is 66.9 Å². The summed E-state index contributed by atoms with van der Waals surface area (Å²) in [6.45, 7) is 9.10. The summed E-state index contributed by atoms with van der Waals surface area (Å²) in [6.07, 6.45) is 11.3. The maximum absolute atomic E-state index is 13.9. The number of ether oxygens (including phenoxy) is 1. The molecule has 1 aromatic heterocycles. The maximum Gasteiger partial charge on any atom is 0.260 e. The fourth-order valence-corrected chi connectivity index (χ4v) is 11.4. The third-order valence-corrected chi connectivity index (χ3v) is 15.4. The van der Waals surface area contributed by atoms with Crippen LogP contribution in [-0.4, -0.2) is 145 Å². The molecule has 5 amide bonds. The van der Waals surface area contributed by atoms with Crippen LogP contribution in [0.1, 0.15) is 113 Å². The molecule has 0 spiro atoms. The highest BCUT2D eigenvalue weighted by Gasteiger charge is 2.40. The molecular weight excluding hydrogens is 937 g/mol.